The molecule has 0 spiro atoms. The first-order valence-electron chi connectivity index (χ1n) is 8.61. The molecule has 2 saturated carbocycles. The summed E-state index contributed by atoms with van der Waals surface area (Å²) in [5, 5.41) is 0. The van der Waals surface area contributed by atoms with Crippen molar-refractivity contribution < 1.29 is 3.63 Å². The molecule has 0 bridgehead atoms. The van der Waals surface area contributed by atoms with Crippen LogP contribution in [0.1, 0.15) is 61.5 Å². The third kappa shape index (κ3) is 3.47. The van der Waals surface area contributed by atoms with E-state index in [9.17, 15) is 0 Å². The van der Waals surface area contributed by atoms with Gasteiger partial charge in [0.2, 0.25) is 0 Å². The van der Waals surface area contributed by atoms with Crippen molar-refractivity contribution in [2.45, 2.75) is 60.2 Å². The quantitative estimate of drug-likeness (QED) is 0.525. The Morgan fingerprint density at radius 2 is 1.09 bits per heavy atom. The van der Waals surface area contributed by atoms with Gasteiger partial charge in [0.1, 0.15) is 0 Å². The summed E-state index contributed by atoms with van der Waals surface area (Å²) in [5.41, 5.74) is 2.94. The van der Waals surface area contributed by atoms with Crippen LogP contribution in [-0.4, -0.2) is 0 Å². The van der Waals surface area contributed by atoms with Crippen LogP contribution in [0.15, 0.2) is 58.3 Å². The Hall–Kier alpha value is -0.900. The maximum absolute atomic E-state index is 5.96. The molecule has 2 aliphatic rings. The molecule has 2 aromatic rings. The first kappa shape index (κ1) is 15.6. The lowest BCUT2D eigenvalue weighted by molar-refractivity contribution is 0.414. The molecule has 0 atom stereocenters. The van der Waals surface area contributed by atoms with Gasteiger partial charge in [-0.05, 0) is 60.8 Å². The molecule has 2 aromatic carbocycles. The molecule has 2 aliphatic carbocycles. The van der Waals surface area contributed by atoms with E-state index in [-0.39, 0.29) is 0 Å². The number of benzene rings is 2. The molecule has 0 aromatic heterocycles. The van der Waals surface area contributed by atoms with Gasteiger partial charge >= 0.3 is 0 Å². The molecule has 2 fully saturated rings. The fourth-order valence-corrected chi connectivity index (χ4v) is 4.97. The Balaban J connectivity index is 1.41. The smallest absolute Gasteiger partial charge is 0.0450 e. The van der Waals surface area contributed by atoms with Crippen LogP contribution in [0.4, 0.5) is 0 Å². The average Bonchev–Trinajstić information content (AvgIpc) is 2.47. The first-order valence-corrected chi connectivity index (χ1v) is 10.1. The Kier molecular flexibility index (Phi) is 4.98. The zero-order valence-corrected chi connectivity index (χ0v) is 14.9. The van der Waals surface area contributed by atoms with Crippen LogP contribution in [0.5, 0.6) is 0 Å². The third-order valence-corrected chi connectivity index (χ3v) is 6.82. The van der Waals surface area contributed by atoms with E-state index in [1.807, 2.05) is 0 Å². The Labute approximate surface area is 147 Å². The van der Waals surface area contributed by atoms with Crippen LogP contribution in [0.2, 0.25) is 0 Å². The van der Waals surface area contributed by atoms with E-state index in [0.717, 1.165) is 11.8 Å². The van der Waals surface area contributed by atoms with Crippen molar-refractivity contribution in [2.75, 3.05) is 0 Å². The summed E-state index contributed by atoms with van der Waals surface area (Å²) in [6, 6.07) is 17.4. The van der Waals surface area contributed by atoms with Crippen LogP contribution >= 0.6 is 24.1 Å². The highest BCUT2D eigenvalue weighted by atomic mass is 32.2. The van der Waals surface area contributed by atoms with Gasteiger partial charge in [0, 0.05) is 33.9 Å². The predicted molar refractivity (Wildman–Crippen MR) is 98.9 cm³/mol. The minimum atomic E-state index is 0.745. The van der Waals surface area contributed by atoms with E-state index in [1.165, 1.54) is 83.5 Å². The summed E-state index contributed by atoms with van der Waals surface area (Å²) in [7, 11) is 0. The second-order valence-corrected chi connectivity index (χ2v) is 8.32. The maximum Gasteiger partial charge on any atom is 0.0450 e. The van der Waals surface area contributed by atoms with Gasteiger partial charge in [-0.25, -0.2) is 3.63 Å². The molecule has 0 saturated heterocycles. The Morgan fingerprint density at radius 1 is 0.652 bits per heavy atom. The number of hydrogen-bond donors (Lipinski definition) is 0. The standard InChI is InChI=1S/C20H22OS2/c1-3-13-19(17(11-1)15-7-5-8-15)22-21-23-20-14-4-2-12-18(20)16-9-6-10-16/h1-4,11-16H,5-10H2. The van der Waals surface area contributed by atoms with Crippen molar-refractivity contribution in [1.82, 2.24) is 0 Å². The summed E-state index contributed by atoms with van der Waals surface area (Å²) in [6.45, 7) is 0. The van der Waals surface area contributed by atoms with Crippen LogP contribution in [-0.2, 0) is 3.63 Å². The van der Waals surface area contributed by atoms with E-state index in [4.69, 9.17) is 3.63 Å². The predicted octanol–water partition coefficient (Wildman–Crippen LogP) is 6.95. The highest BCUT2D eigenvalue weighted by Crippen LogP contribution is 2.44. The van der Waals surface area contributed by atoms with Gasteiger partial charge in [0.05, 0.1) is 0 Å². The van der Waals surface area contributed by atoms with E-state index in [1.54, 1.807) is 0 Å². The van der Waals surface area contributed by atoms with Crippen LogP contribution in [0, 0.1) is 0 Å². The highest BCUT2D eigenvalue weighted by Gasteiger charge is 2.23. The topological polar surface area (TPSA) is 9.23 Å². The van der Waals surface area contributed by atoms with E-state index >= 15 is 0 Å². The SMILES string of the molecule is c1ccc(C2CCC2)c(SOSc2ccccc2C2CCC2)c1. The van der Waals surface area contributed by atoms with Crippen LogP contribution in [0.3, 0.4) is 0 Å². The molecule has 23 heavy (non-hydrogen) atoms. The maximum atomic E-state index is 5.96. The molecule has 0 aliphatic heterocycles. The van der Waals surface area contributed by atoms with Crippen molar-refractivity contribution in [2.24, 2.45) is 0 Å². The molecular weight excluding hydrogens is 320 g/mol. The molecule has 4 rings (SSSR count). The van der Waals surface area contributed by atoms with Gasteiger partial charge in [-0.3, -0.25) is 0 Å². The van der Waals surface area contributed by atoms with Crippen molar-refractivity contribution >= 4 is 24.1 Å². The van der Waals surface area contributed by atoms with Crippen molar-refractivity contribution in [3.63, 3.8) is 0 Å². The largest absolute Gasteiger partial charge is 0.237 e. The summed E-state index contributed by atoms with van der Waals surface area (Å²) >= 11 is 3.06. The van der Waals surface area contributed by atoms with Gasteiger partial charge in [0.15, 0.2) is 0 Å². The average molecular weight is 343 g/mol. The number of rotatable bonds is 6. The normalized spacial score (nSPS) is 18.4. The van der Waals surface area contributed by atoms with E-state index in [0.29, 0.717) is 0 Å². The molecular formula is C20H22OS2. The Bertz CT molecular complexity index is 605. The van der Waals surface area contributed by atoms with E-state index in [2.05, 4.69) is 48.5 Å². The Morgan fingerprint density at radius 3 is 1.48 bits per heavy atom. The van der Waals surface area contributed by atoms with E-state index < -0.39 is 0 Å². The summed E-state index contributed by atoms with van der Waals surface area (Å²) in [5.74, 6) is 1.49. The molecule has 0 N–H and O–H groups in total. The molecule has 120 valence electrons. The van der Waals surface area contributed by atoms with Gasteiger partial charge in [-0.15, -0.1) is 0 Å². The molecule has 0 amide bonds. The summed E-state index contributed by atoms with van der Waals surface area (Å²) in [4.78, 5) is 2.57. The molecule has 0 unspecified atom stereocenters. The molecule has 3 heteroatoms. The van der Waals surface area contributed by atoms with Gasteiger partial charge in [0.25, 0.3) is 0 Å². The molecule has 0 heterocycles. The third-order valence-electron chi connectivity index (χ3n) is 5.18. The minimum absolute atomic E-state index is 0.745. The van der Waals surface area contributed by atoms with Crippen molar-refractivity contribution in [1.29, 1.82) is 0 Å². The van der Waals surface area contributed by atoms with Gasteiger partial charge < -0.3 is 0 Å². The monoisotopic (exact) mass is 342 g/mol. The zero-order valence-electron chi connectivity index (χ0n) is 13.2. The first-order chi connectivity index (χ1) is 11.4. The number of hydrogen-bond acceptors (Lipinski definition) is 3. The van der Waals surface area contributed by atoms with Crippen LogP contribution < -0.4 is 0 Å². The van der Waals surface area contributed by atoms with Crippen LogP contribution in [0.25, 0.3) is 0 Å². The van der Waals surface area contributed by atoms with Crippen molar-refractivity contribution in [3.8, 4) is 0 Å². The highest BCUT2D eigenvalue weighted by molar-refractivity contribution is 8.08. The second-order valence-electron chi connectivity index (χ2n) is 6.57. The van der Waals surface area contributed by atoms with Gasteiger partial charge in [-0.2, -0.15) is 0 Å². The lowest BCUT2D eigenvalue weighted by Gasteiger charge is -2.28. The minimum Gasteiger partial charge on any atom is -0.237 e. The molecule has 1 nitrogen and oxygen atoms in total. The lowest BCUT2D eigenvalue weighted by atomic mass is 9.80. The fraction of sp³-hybridized carbons (Fsp3) is 0.400. The summed E-state index contributed by atoms with van der Waals surface area (Å²) < 4.78 is 5.96. The second kappa shape index (κ2) is 7.33. The van der Waals surface area contributed by atoms with Crippen molar-refractivity contribution in [3.05, 3.63) is 59.7 Å². The zero-order chi connectivity index (χ0) is 15.5. The fourth-order valence-electron chi connectivity index (χ4n) is 3.32. The lowest BCUT2D eigenvalue weighted by Crippen LogP contribution is -2.09. The molecule has 0 radical (unpaired) electrons. The van der Waals surface area contributed by atoms with Gasteiger partial charge in [-0.1, -0.05) is 49.2 Å². The summed E-state index contributed by atoms with van der Waals surface area (Å²) in [6.07, 6.45) is 8.05.